The number of ether oxygens (including phenoxy) is 2. The lowest BCUT2D eigenvalue weighted by Gasteiger charge is -2.11. The third-order valence-electron chi connectivity index (χ3n) is 2.39. The molecule has 1 N–H and O–H groups in total. The SMILES string of the molecule is CCOCCNC(=O)C(Cl)c1ccc(OC)cc1. The maximum absolute atomic E-state index is 11.7. The molecule has 1 amide bonds. The number of rotatable bonds is 7. The van der Waals surface area contributed by atoms with Crippen molar-refractivity contribution in [2.75, 3.05) is 26.9 Å². The highest BCUT2D eigenvalue weighted by Crippen LogP contribution is 2.22. The Labute approximate surface area is 112 Å². The molecule has 18 heavy (non-hydrogen) atoms. The molecule has 1 aromatic rings. The summed E-state index contributed by atoms with van der Waals surface area (Å²) in [5.41, 5.74) is 0.742. The summed E-state index contributed by atoms with van der Waals surface area (Å²) in [6.07, 6.45) is 0. The number of nitrogens with one attached hydrogen (secondary N) is 1. The Kier molecular flexibility index (Phi) is 6.54. The molecular formula is C13H18ClNO3. The topological polar surface area (TPSA) is 47.6 Å². The summed E-state index contributed by atoms with van der Waals surface area (Å²) >= 11 is 6.07. The number of amides is 1. The zero-order valence-corrected chi connectivity index (χ0v) is 11.4. The van der Waals surface area contributed by atoms with Gasteiger partial charge in [-0.25, -0.2) is 0 Å². The number of hydrogen-bond donors (Lipinski definition) is 1. The average molecular weight is 272 g/mol. The van der Waals surface area contributed by atoms with Gasteiger partial charge in [-0.05, 0) is 24.6 Å². The fourth-order valence-corrected chi connectivity index (χ4v) is 1.63. The van der Waals surface area contributed by atoms with Crippen molar-refractivity contribution in [1.82, 2.24) is 5.32 Å². The summed E-state index contributed by atoms with van der Waals surface area (Å²) in [5.74, 6) is 0.515. The minimum absolute atomic E-state index is 0.221. The van der Waals surface area contributed by atoms with Gasteiger partial charge in [-0.15, -0.1) is 11.6 Å². The Balaban J connectivity index is 2.46. The maximum Gasteiger partial charge on any atom is 0.242 e. The lowest BCUT2D eigenvalue weighted by molar-refractivity contribution is -0.121. The van der Waals surface area contributed by atoms with Crippen molar-refractivity contribution < 1.29 is 14.3 Å². The predicted octanol–water partition coefficient (Wildman–Crippen LogP) is 2.13. The van der Waals surface area contributed by atoms with E-state index in [4.69, 9.17) is 21.1 Å². The van der Waals surface area contributed by atoms with Crippen LogP contribution < -0.4 is 10.1 Å². The van der Waals surface area contributed by atoms with Crippen molar-refractivity contribution in [2.45, 2.75) is 12.3 Å². The lowest BCUT2D eigenvalue weighted by atomic mass is 10.1. The fraction of sp³-hybridized carbons (Fsp3) is 0.462. The molecule has 0 heterocycles. The number of carbonyl (C=O) groups excluding carboxylic acids is 1. The summed E-state index contributed by atoms with van der Waals surface area (Å²) in [6.45, 7) is 3.50. The van der Waals surface area contributed by atoms with Crippen LogP contribution in [0.2, 0.25) is 0 Å². The van der Waals surface area contributed by atoms with E-state index >= 15 is 0 Å². The van der Waals surface area contributed by atoms with E-state index < -0.39 is 5.38 Å². The second kappa shape index (κ2) is 7.95. The van der Waals surface area contributed by atoms with Crippen molar-refractivity contribution in [3.05, 3.63) is 29.8 Å². The number of halogens is 1. The van der Waals surface area contributed by atoms with E-state index in [9.17, 15) is 4.79 Å². The number of carbonyl (C=O) groups is 1. The van der Waals surface area contributed by atoms with Crippen LogP contribution in [-0.2, 0) is 9.53 Å². The molecule has 1 atom stereocenters. The van der Waals surface area contributed by atoms with Crippen LogP contribution in [0, 0.1) is 0 Å². The van der Waals surface area contributed by atoms with E-state index in [1.807, 2.05) is 6.92 Å². The molecule has 0 spiro atoms. The van der Waals surface area contributed by atoms with Gasteiger partial charge in [0, 0.05) is 13.2 Å². The molecule has 0 aliphatic carbocycles. The first-order valence-corrected chi connectivity index (χ1v) is 6.26. The summed E-state index contributed by atoms with van der Waals surface area (Å²) in [4.78, 5) is 11.7. The van der Waals surface area contributed by atoms with Gasteiger partial charge in [0.05, 0.1) is 13.7 Å². The zero-order valence-electron chi connectivity index (χ0n) is 10.6. The first-order valence-electron chi connectivity index (χ1n) is 5.82. The Morgan fingerprint density at radius 2 is 2.06 bits per heavy atom. The Morgan fingerprint density at radius 1 is 1.39 bits per heavy atom. The van der Waals surface area contributed by atoms with Gasteiger partial charge in [0.15, 0.2) is 0 Å². The van der Waals surface area contributed by atoms with Crippen LogP contribution >= 0.6 is 11.6 Å². The summed E-state index contributed by atoms with van der Waals surface area (Å²) in [5, 5.41) is 2.02. The van der Waals surface area contributed by atoms with E-state index in [1.165, 1.54) is 0 Å². The molecule has 0 aromatic heterocycles. The highest BCUT2D eigenvalue weighted by molar-refractivity contribution is 6.30. The number of alkyl halides is 1. The molecule has 5 heteroatoms. The van der Waals surface area contributed by atoms with Crippen LogP contribution in [0.5, 0.6) is 5.75 Å². The molecule has 0 saturated carbocycles. The van der Waals surface area contributed by atoms with Crippen molar-refractivity contribution >= 4 is 17.5 Å². The molecule has 0 aliphatic heterocycles. The second-order valence-electron chi connectivity index (χ2n) is 3.62. The van der Waals surface area contributed by atoms with Gasteiger partial charge in [-0.2, -0.15) is 0 Å². The molecule has 0 bridgehead atoms. The van der Waals surface area contributed by atoms with E-state index in [1.54, 1.807) is 31.4 Å². The third-order valence-corrected chi connectivity index (χ3v) is 2.84. The van der Waals surface area contributed by atoms with E-state index in [-0.39, 0.29) is 5.91 Å². The van der Waals surface area contributed by atoms with Gasteiger partial charge in [0.25, 0.3) is 0 Å². The molecule has 0 radical (unpaired) electrons. The molecule has 4 nitrogen and oxygen atoms in total. The van der Waals surface area contributed by atoms with Gasteiger partial charge in [-0.1, -0.05) is 12.1 Å². The Morgan fingerprint density at radius 3 is 2.61 bits per heavy atom. The van der Waals surface area contributed by atoms with Gasteiger partial charge < -0.3 is 14.8 Å². The van der Waals surface area contributed by atoms with E-state index in [0.717, 1.165) is 11.3 Å². The van der Waals surface area contributed by atoms with Crippen LogP contribution in [0.4, 0.5) is 0 Å². The molecule has 0 saturated heterocycles. The molecule has 1 unspecified atom stereocenters. The highest BCUT2D eigenvalue weighted by atomic mass is 35.5. The normalized spacial score (nSPS) is 11.9. The van der Waals surface area contributed by atoms with Crippen LogP contribution in [-0.4, -0.2) is 32.8 Å². The summed E-state index contributed by atoms with van der Waals surface area (Å²) < 4.78 is 10.2. The molecule has 100 valence electrons. The minimum atomic E-state index is -0.697. The second-order valence-corrected chi connectivity index (χ2v) is 4.06. The maximum atomic E-state index is 11.7. The molecule has 0 fully saturated rings. The zero-order chi connectivity index (χ0) is 13.4. The molecule has 0 aliphatic rings. The van der Waals surface area contributed by atoms with Gasteiger partial charge in [-0.3, -0.25) is 4.79 Å². The largest absolute Gasteiger partial charge is 0.497 e. The summed E-state index contributed by atoms with van der Waals surface area (Å²) in [7, 11) is 1.59. The van der Waals surface area contributed by atoms with E-state index in [2.05, 4.69) is 5.32 Å². The van der Waals surface area contributed by atoms with Crippen LogP contribution in [0.1, 0.15) is 17.9 Å². The van der Waals surface area contributed by atoms with Gasteiger partial charge in [0.2, 0.25) is 5.91 Å². The fourth-order valence-electron chi connectivity index (χ4n) is 1.40. The van der Waals surface area contributed by atoms with Crippen molar-refractivity contribution in [3.63, 3.8) is 0 Å². The van der Waals surface area contributed by atoms with Crippen LogP contribution in [0.15, 0.2) is 24.3 Å². The minimum Gasteiger partial charge on any atom is -0.497 e. The van der Waals surface area contributed by atoms with Gasteiger partial charge in [0.1, 0.15) is 11.1 Å². The van der Waals surface area contributed by atoms with Gasteiger partial charge >= 0.3 is 0 Å². The third kappa shape index (κ3) is 4.55. The quantitative estimate of drug-likeness (QED) is 0.610. The Hall–Kier alpha value is -1.26. The van der Waals surface area contributed by atoms with Crippen molar-refractivity contribution in [1.29, 1.82) is 0 Å². The number of hydrogen-bond acceptors (Lipinski definition) is 3. The molecular weight excluding hydrogens is 254 g/mol. The van der Waals surface area contributed by atoms with E-state index in [0.29, 0.717) is 19.8 Å². The predicted molar refractivity (Wildman–Crippen MR) is 71.1 cm³/mol. The highest BCUT2D eigenvalue weighted by Gasteiger charge is 2.16. The lowest BCUT2D eigenvalue weighted by Crippen LogP contribution is -2.30. The average Bonchev–Trinajstić information content (AvgIpc) is 2.42. The van der Waals surface area contributed by atoms with Crippen LogP contribution in [0.25, 0.3) is 0 Å². The summed E-state index contributed by atoms with van der Waals surface area (Å²) in [6, 6.07) is 7.10. The van der Waals surface area contributed by atoms with Crippen molar-refractivity contribution in [2.24, 2.45) is 0 Å². The molecule has 1 aromatic carbocycles. The monoisotopic (exact) mass is 271 g/mol. The smallest absolute Gasteiger partial charge is 0.242 e. The first kappa shape index (κ1) is 14.8. The number of methoxy groups -OCH3 is 1. The standard InChI is InChI=1S/C13H18ClNO3/c1-3-18-9-8-15-13(16)12(14)10-4-6-11(17-2)7-5-10/h4-7,12H,3,8-9H2,1-2H3,(H,15,16). The Bertz CT molecular complexity index is 367. The first-order chi connectivity index (χ1) is 8.69. The van der Waals surface area contributed by atoms with Crippen LogP contribution in [0.3, 0.4) is 0 Å². The molecule has 1 rings (SSSR count). The number of benzene rings is 1. The van der Waals surface area contributed by atoms with Crippen molar-refractivity contribution in [3.8, 4) is 5.75 Å².